The number of rotatable bonds is 2. The molecule has 3 atom stereocenters. The SMILES string of the molecule is C1=CC2CCC(Oc3ccccc3)C(C1)S2. The molecule has 2 aliphatic heterocycles. The first kappa shape index (κ1) is 10.3. The van der Waals surface area contributed by atoms with Crippen LogP contribution in [0.25, 0.3) is 0 Å². The van der Waals surface area contributed by atoms with Gasteiger partial charge in [0.2, 0.25) is 0 Å². The highest BCUT2D eigenvalue weighted by Gasteiger charge is 2.32. The van der Waals surface area contributed by atoms with Crippen molar-refractivity contribution in [2.45, 2.75) is 35.9 Å². The summed E-state index contributed by atoms with van der Waals surface area (Å²) in [4.78, 5) is 0. The first-order valence-electron chi connectivity index (χ1n) is 5.95. The van der Waals surface area contributed by atoms with Crippen molar-refractivity contribution in [3.05, 3.63) is 42.5 Å². The maximum atomic E-state index is 6.09. The summed E-state index contributed by atoms with van der Waals surface area (Å²) in [6.07, 6.45) is 8.70. The van der Waals surface area contributed by atoms with E-state index in [0.717, 1.165) is 11.0 Å². The second kappa shape index (κ2) is 4.54. The summed E-state index contributed by atoms with van der Waals surface area (Å²) in [5.41, 5.74) is 0. The fourth-order valence-corrected chi connectivity index (χ4v) is 3.93. The van der Waals surface area contributed by atoms with Gasteiger partial charge in [-0.15, -0.1) is 11.8 Å². The second-order valence-electron chi connectivity index (χ2n) is 4.42. The largest absolute Gasteiger partial charge is 0.489 e. The average Bonchev–Trinajstić information content (AvgIpc) is 2.35. The Hall–Kier alpha value is -0.890. The van der Waals surface area contributed by atoms with Gasteiger partial charge in [-0.25, -0.2) is 0 Å². The molecule has 0 radical (unpaired) electrons. The van der Waals surface area contributed by atoms with Crippen molar-refractivity contribution in [3.63, 3.8) is 0 Å². The first-order valence-corrected chi connectivity index (χ1v) is 6.90. The molecule has 0 aliphatic carbocycles. The summed E-state index contributed by atoms with van der Waals surface area (Å²) in [5.74, 6) is 1.01. The minimum Gasteiger partial charge on any atom is -0.489 e. The third-order valence-electron chi connectivity index (χ3n) is 3.25. The van der Waals surface area contributed by atoms with Crippen LogP contribution in [0.3, 0.4) is 0 Å². The molecular formula is C14H16OS. The molecule has 2 heterocycles. The van der Waals surface area contributed by atoms with E-state index in [-0.39, 0.29) is 0 Å². The van der Waals surface area contributed by atoms with Crippen LogP contribution in [0, 0.1) is 0 Å². The van der Waals surface area contributed by atoms with E-state index < -0.39 is 0 Å². The lowest BCUT2D eigenvalue weighted by atomic mass is 10.0. The lowest BCUT2D eigenvalue weighted by molar-refractivity contribution is 0.179. The first-order chi connectivity index (χ1) is 7.92. The van der Waals surface area contributed by atoms with Crippen molar-refractivity contribution in [1.29, 1.82) is 0 Å². The number of hydrogen-bond acceptors (Lipinski definition) is 2. The van der Waals surface area contributed by atoms with E-state index >= 15 is 0 Å². The summed E-state index contributed by atoms with van der Waals surface area (Å²) in [6.45, 7) is 0. The summed E-state index contributed by atoms with van der Waals surface area (Å²) >= 11 is 2.09. The predicted octanol–water partition coefficient (Wildman–Crippen LogP) is 3.66. The fraction of sp³-hybridized carbons (Fsp3) is 0.429. The van der Waals surface area contributed by atoms with Crippen LogP contribution in [-0.2, 0) is 0 Å². The summed E-state index contributed by atoms with van der Waals surface area (Å²) < 4.78 is 6.09. The number of allylic oxidation sites excluding steroid dienone is 1. The van der Waals surface area contributed by atoms with Gasteiger partial charge in [-0.2, -0.15) is 0 Å². The molecule has 2 aliphatic rings. The highest BCUT2D eigenvalue weighted by atomic mass is 32.2. The Bertz CT molecular complexity index is 374. The number of benzene rings is 1. The van der Waals surface area contributed by atoms with Gasteiger partial charge < -0.3 is 4.74 Å². The number of ether oxygens (including phenoxy) is 1. The molecule has 2 heteroatoms. The molecule has 1 saturated heterocycles. The van der Waals surface area contributed by atoms with Crippen LogP contribution in [0.5, 0.6) is 5.75 Å². The molecule has 1 fully saturated rings. The Morgan fingerprint density at radius 3 is 2.88 bits per heavy atom. The van der Waals surface area contributed by atoms with Crippen LogP contribution in [-0.4, -0.2) is 16.6 Å². The Morgan fingerprint density at radius 2 is 2.00 bits per heavy atom. The van der Waals surface area contributed by atoms with E-state index in [4.69, 9.17) is 4.74 Å². The molecular weight excluding hydrogens is 216 g/mol. The van der Waals surface area contributed by atoms with Crippen LogP contribution >= 0.6 is 11.8 Å². The third kappa shape index (κ3) is 2.12. The molecule has 0 spiro atoms. The van der Waals surface area contributed by atoms with Gasteiger partial charge in [0.25, 0.3) is 0 Å². The number of hydrogen-bond donors (Lipinski definition) is 0. The molecule has 0 saturated carbocycles. The van der Waals surface area contributed by atoms with E-state index in [9.17, 15) is 0 Å². The zero-order valence-corrected chi connectivity index (χ0v) is 10.0. The van der Waals surface area contributed by atoms with Crippen LogP contribution in [0.15, 0.2) is 42.5 Å². The molecule has 1 aromatic carbocycles. The van der Waals surface area contributed by atoms with Crippen molar-refractivity contribution in [3.8, 4) is 5.75 Å². The van der Waals surface area contributed by atoms with E-state index in [1.165, 1.54) is 19.3 Å². The van der Waals surface area contributed by atoms with Crippen molar-refractivity contribution in [2.75, 3.05) is 0 Å². The van der Waals surface area contributed by atoms with Crippen molar-refractivity contribution in [2.24, 2.45) is 0 Å². The van der Waals surface area contributed by atoms with E-state index in [2.05, 4.69) is 36.0 Å². The van der Waals surface area contributed by atoms with Gasteiger partial charge in [0, 0.05) is 10.5 Å². The maximum Gasteiger partial charge on any atom is 0.119 e. The van der Waals surface area contributed by atoms with Crippen LogP contribution < -0.4 is 4.74 Å². The molecule has 3 rings (SSSR count). The molecule has 2 bridgehead atoms. The lowest BCUT2D eigenvalue weighted by Gasteiger charge is -2.36. The average molecular weight is 232 g/mol. The number of fused-ring (bicyclic) bond motifs is 2. The molecule has 16 heavy (non-hydrogen) atoms. The van der Waals surface area contributed by atoms with Crippen LogP contribution in [0.4, 0.5) is 0 Å². The highest BCUT2D eigenvalue weighted by Crippen LogP contribution is 2.39. The predicted molar refractivity (Wildman–Crippen MR) is 69.0 cm³/mol. The van der Waals surface area contributed by atoms with Gasteiger partial charge in [-0.3, -0.25) is 0 Å². The maximum absolute atomic E-state index is 6.09. The Labute approximate surface area is 101 Å². The molecule has 0 aromatic heterocycles. The number of para-hydroxylation sites is 1. The van der Waals surface area contributed by atoms with Crippen molar-refractivity contribution in [1.82, 2.24) is 0 Å². The zero-order chi connectivity index (χ0) is 10.8. The van der Waals surface area contributed by atoms with Gasteiger partial charge >= 0.3 is 0 Å². The Balaban J connectivity index is 1.70. The Morgan fingerprint density at radius 1 is 1.12 bits per heavy atom. The van der Waals surface area contributed by atoms with Gasteiger partial charge in [-0.05, 0) is 31.4 Å². The molecule has 1 nitrogen and oxygen atoms in total. The van der Waals surface area contributed by atoms with E-state index in [0.29, 0.717) is 11.4 Å². The second-order valence-corrected chi connectivity index (χ2v) is 5.91. The van der Waals surface area contributed by atoms with Gasteiger partial charge in [-0.1, -0.05) is 30.4 Å². The summed E-state index contributed by atoms with van der Waals surface area (Å²) in [6, 6.07) is 10.2. The molecule has 3 unspecified atom stereocenters. The molecule has 1 aromatic rings. The topological polar surface area (TPSA) is 9.23 Å². The normalized spacial score (nSPS) is 32.4. The highest BCUT2D eigenvalue weighted by molar-refractivity contribution is 8.00. The minimum absolute atomic E-state index is 0.397. The van der Waals surface area contributed by atoms with Gasteiger partial charge in [0.05, 0.1) is 0 Å². The standard InChI is InChI=1S/C14H16OS/c1-2-5-11(6-3-1)15-13-10-9-12-7-4-8-14(13)16-12/h1-7,12-14H,8-10H2. The van der Waals surface area contributed by atoms with Crippen molar-refractivity contribution >= 4 is 11.8 Å². The molecule has 84 valence electrons. The Kier molecular flexibility index (Phi) is 2.92. The zero-order valence-electron chi connectivity index (χ0n) is 9.21. The van der Waals surface area contributed by atoms with Gasteiger partial charge in [0.1, 0.15) is 11.9 Å². The monoisotopic (exact) mass is 232 g/mol. The third-order valence-corrected chi connectivity index (χ3v) is 4.84. The van der Waals surface area contributed by atoms with E-state index in [1.54, 1.807) is 0 Å². The van der Waals surface area contributed by atoms with Gasteiger partial charge in [0.15, 0.2) is 0 Å². The fourth-order valence-electron chi connectivity index (χ4n) is 2.42. The summed E-state index contributed by atoms with van der Waals surface area (Å²) in [7, 11) is 0. The molecule has 0 N–H and O–H groups in total. The minimum atomic E-state index is 0.397. The smallest absolute Gasteiger partial charge is 0.119 e. The van der Waals surface area contributed by atoms with Crippen LogP contribution in [0.2, 0.25) is 0 Å². The lowest BCUT2D eigenvalue weighted by Crippen LogP contribution is -2.36. The quantitative estimate of drug-likeness (QED) is 0.720. The van der Waals surface area contributed by atoms with Crippen molar-refractivity contribution < 1.29 is 4.74 Å². The summed E-state index contributed by atoms with van der Waals surface area (Å²) in [5, 5.41) is 1.40. The van der Waals surface area contributed by atoms with E-state index in [1.807, 2.05) is 18.2 Å². The molecule has 0 amide bonds. The van der Waals surface area contributed by atoms with Crippen LogP contribution in [0.1, 0.15) is 19.3 Å². The number of thioether (sulfide) groups is 1.